The van der Waals surface area contributed by atoms with Crippen molar-refractivity contribution in [1.29, 1.82) is 0 Å². The van der Waals surface area contributed by atoms with Crippen molar-refractivity contribution in [2.45, 2.75) is 51.3 Å². The number of carboxylic acid groups (broad SMARTS) is 1. The molecular formula is C24H31BrIN5O3Si. The molecule has 1 aliphatic heterocycles. The summed E-state index contributed by atoms with van der Waals surface area (Å²) in [6, 6.07) is 7.29. The molecule has 3 aromatic rings. The van der Waals surface area contributed by atoms with Gasteiger partial charge in [0.25, 0.3) is 0 Å². The standard InChI is InChI=1S/C24H31BrIN5O3Si/c1-35(2,3)11-10-34-15-31-14-18(17-7-4-8-19(25)22(17)31)21-20(26)12-27-23(29-21)28-16-6-5-9-30(13-16)24(32)33/h4,7-8,12,14,16H,5-6,9-11,13,15H2,1-3H3,(H,32,33)(H,27,28,29)/t16-/m0/s1. The van der Waals surface area contributed by atoms with E-state index < -0.39 is 14.2 Å². The van der Waals surface area contributed by atoms with E-state index in [4.69, 9.17) is 9.72 Å². The number of para-hydroxylation sites is 1. The van der Waals surface area contributed by atoms with E-state index in [1.165, 1.54) is 4.90 Å². The number of amides is 1. The molecular weight excluding hydrogens is 641 g/mol. The van der Waals surface area contributed by atoms with Gasteiger partial charge in [0.2, 0.25) is 5.95 Å². The average molecular weight is 672 g/mol. The van der Waals surface area contributed by atoms with Crippen LogP contribution in [0.4, 0.5) is 10.7 Å². The van der Waals surface area contributed by atoms with Crippen molar-refractivity contribution in [3.05, 3.63) is 38.6 Å². The highest BCUT2D eigenvalue weighted by Crippen LogP contribution is 2.36. The molecule has 35 heavy (non-hydrogen) atoms. The van der Waals surface area contributed by atoms with Gasteiger partial charge in [0.1, 0.15) is 6.73 Å². The highest BCUT2D eigenvalue weighted by atomic mass is 127. The fourth-order valence-corrected chi connectivity index (χ4v) is 6.12. The van der Waals surface area contributed by atoms with Crippen LogP contribution in [0.5, 0.6) is 0 Å². The van der Waals surface area contributed by atoms with E-state index in [1.807, 2.05) is 18.3 Å². The topological polar surface area (TPSA) is 92.5 Å². The first kappa shape index (κ1) is 26.4. The molecule has 2 N–H and O–H groups in total. The van der Waals surface area contributed by atoms with E-state index >= 15 is 0 Å². The summed E-state index contributed by atoms with van der Waals surface area (Å²) in [7, 11) is -1.15. The predicted octanol–water partition coefficient (Wildman–Crippen LogP) is 6.33. The quantitative estimate of drug-likeness (QED) is 0.165. The summed E-state index contributed by atoms with van der Waals surface area (Å²) in [5.41, 5.74) is 2.93. The molecule has 1 amide bonds. The Hall–Kier alpha value is -1.70. The molecule has 188 valence electrons. The molecule has 0 radical (unpaired) electrons. The van der Waals surface area contributed by atoms with Crippen molar-refractivity contribution in [1.82, 2.24) is 19.4 Å². The summed E-state index contributed by atoms with van der Waals surface area (Å²) in [6.07, 6.45) is 4.74. The van der Waals surface area contributed by atoms with Crippen LogP contribution in [0.25, 0.3) is 22.2 Å². The van der Waals surface area contributed by atoms with E-state index in [-0.39, 0.29) is 6.04 Å². The normalized spacial score (nSPS) is 16.6. The summed E-state index contributed by atoms with van der Waals surface area (Å²) in [5, 5.41) is 13.8. The van der Waals surface area contributed by atoms with Gasteiger partial charge in [-0.15, -0.1) is 0 Å². The number of benzene rings is 1. The Labute approximate surface area is 228 Å². The first-order valence-corrected chi connectivity index (χ1v) is 17.3. The summed E-state index contributed by atoms with van der Waals surface area (Å²) < 4.78 is 10.2. The summed E-state index contributed by atoms with van der Waals surface area (Å²) in [6.45, 7) is 9.29. The highest BCUT2D eigenvalue weighted by molar-refractivity contribution is 14.1. The Morgan fingerprint density at radius 3 is 2.91 bits per heavy atom. The summed E-state index contributed by atoms with van der Waals surface area (Å²) >= 11 is 5.99. The van der Waals surface area contributed by atoms with Gasteiger partial charge in [0.05, 0.1) is 14.8 Å². The van der Waals surface area contributed by atoms with E-state index in [0.717, 1.165) is 55.7 Å². The third-order valence-electron chi connectivity index (χ3n) is 6.10. The molecule has 0 bridgehead atoms. The molecule has 3 heterocycles. The Morgan fingerprint density at radius 2 is 2.17 bits per heavy atom. The van der Waals surface area contributed by atoms with Gasteiger partial charge in [0, 0.05) is 61.6 Å². The van der Waals surface area contributed by atoms with Crippen molar-refractivity contribution >= 4 is 69.5 Å². The van der Waals surface area contributed by atoms with Gasteiger partial charge in [-0.2, -0.15) is 0 Å². The number of aromatic nitrogens is 3. The maximum Gasteiger partial charge on any atom is 0.407 e. The fraction of sp³-hybridized carbons (Fsp3) is 0.458. The van der Waals surface area contributed by atoms with Crippen molar-refractivity contribution < 1.29 is 14.6 Å². The van der Waals surface area contributed by atoms with Crippen molar-refractivity contribution in [3.8, 4) is 11.3 Å². The van der Waals surface area contributed by atoms with Crippen LogP contribution in [0.1, 0.15) is 12.8 Å². The number of rotatable bonds is 8. The van der Waals surface area contributed by atoms with Gasteiger partial charge in [-0.05, 0) is 63.5 Å². The van der Waals surface area contributed by atoms with E-state index in [9.17, 15) is 9.90 Å². The second-order valence-corrected chi connectivity index (χ2v) is 17.7. The first-order valence-electron chi connectivity index (χ1n) is 11.7. The van der Waals surface area contributed by atoms with Crippen LogP contribution in [0.3, 0.4) is 0 Å². The lowest BCUT2D eigenvalue weighted by Crippen LogP contribution is -2.44. The van der Waals surface area contributed by atoms with Gasteiger partial charge in [-0.3, -0.25) is 0 Å². The number of nitrogens with one attached hydrogen (secondary N) is 1. The van der Waals surface area contributed by atoms with Crippen LogP contribution in [-0.4, -0.2) is 64.4 Å². The maximum absolute atomic E-state index is 11.4. The first-order chi connectivity index (χ1) is 16.6. The lowest BCUT2D eigenvalue weighted by molar-refractivity contribution is 0.0902. The fourth-order valence-electron chi connectivity index (χ4n) is 4.22. The molecule has 8 nitrogen and oxygen atoms in total. The van der Waals surface area contributed by atoms with E-state index in [1.54, 1.807) is 0 Å². The molecule has 0 spiro atoms. The minimum Gasteiger partial charge on any atom is -0.465 e. The van der Waals surface area contributed by atoms with Gasteiger partial charge in [-0.25, -0.2) is 14.8 Å². The number of hydrogen-bond acceptors (Lipinski definition) is 5. The van der Waals surface area contributed by atoms with Crippen LogP contribution in [0, 0.1) is 3.57 Å². The maximum atomic E-state index is 11.4. The van der Waals surface area contributed by atoms with Crippen LogP contribution in [-0.2, 0) is 11.5 Å². The van der Waals surface area contributed by atoms with Gasteiger partial charge in [-0.1, -0.05) is 31.8 Å². The predicted molar refractivity (Wildman–Crippen MR) is 154 cm³/mol. The third kappa shape index (κ3) is 6.55. The zero-order chi connectivity index (χ0) is 25.2. The minimum absolute atomic E-state index is 0.0111. The lowest BCUT2D eigenvalue weighted by atomic mass is 10.1. The molecule has 1 atom stereocenters. The smallest absolute Gasteiger partial charge is 0.407 e. The highest BCUT2D eigenvalue weighted by Gasteiger charge is 2.24. The molecule has 1 aromatic carbocycles. The number of nitrogens with zero attached hydrogens (tertiary/aromatic N) is 4. The van der Waals surface area contributed by atoms with Crippen LogP contribution < -0.4 is 5.32 Å². The van der Waals surface area contributed by atoms with Gasteiger partial charge in [0.15, 0.2) is 0 Å². The molecule has 11 heteroatoms. The number of anilines is 1. The van der Waals surface area contributed by atoms with Crippen LogP contribution in [0.2, 0.25) is 25.7 Å². The zero-order valence-electron chi connectivity index (χ0n) is 20.2. The second kappa shape index (κ2) is 11.1. The monoisotopic (exact) mass is 671 g/mol. The number of fused-ring (bicyclic) bond motifs is 1. The Morgan fingerprint density at radius 1 is 1.37 bits per heavy atom. The average Bonchev–Trinajstić information content (AvgIpc) is 3.17. The van der Waals surface area contributed by atoms with Crippen LogP contribution in [0.15, 0.2) is 35.1 Å². The third-order valence-corrected chi connectivity index (χ3v) is 9.23. The largest absolute Gasteiger partial charge is 0.465 e. The lowest BCUT2D eigenvalue weighted by Gasteiger charge is -2.31. The molecule has 4 rings (SSSR count). The summed E-state index contributed by atoms with van der Waals surface area (Å²) in [5.74, 6) is 0.514. The SMILES string of the molecule is C[Si](C)(C)CCOCn1cc(-c2nc(N[C@H]3CCCN(C(=O)O)C3)ncc2I)c2cccc(Br)c21. The van der Waals surface area contributed by atoms with Crippen molar-refractivity contribution in [2.75, 3.05) is 25.0 Å². The Kier molecular flexibility index (Phi) is 8.39. The molecule has 1 fully saturated rings. The molecule has 0 saturated carbocycles. The molecule has 0 aliphatic carbocycles. The number of carbonyl (C=O) groups is 1. The van der Waals surface area contributed by atoms with E-state index in [0.29, 0.717) is 25.8 Å². The van der Waals surface area contributed by atoms with Crippen molar-refractivity contribution in [3.63, 3.8) is 0 Å². The zero-order valence-corrected chi connectivity index (χ0v) is 25.0. The second-order valence-electron chi connectivity index (χ2n) is 10.1. The molecule has 1 aliphatic rings. The number of halogens is 2. The molecule has 2 aromatic heterocycles. The molecule has 0 unspecified atom stereocenters. The summed E-state index contributed by atoms with van der Waals surface area (Å²) in [4.78, 5) is 22.2. The van der Waals surface area contributed by atoms with E-state index in [2.05, 4.69) is 85.3 Å². The molecule has 1 saturated heterocycles. The number of likely N-dealkylation sites (tertiary alicyclic amines) is 1. The van der Waals surface area contributed by atoms with Crippen molar-refractivity contribution in [2.24, 2.45) is 0 Å². The Bertz CT molecular complexity index is 1220. The van der Waals surface area contributed by atoms with Gasteiger partial charge < -0.3 is 24.6 Å². The minimum atomic E-state index is -1.15. The van der Waals surface area contributed by atoms with Crippen LogP contribution >= 0.6 is 38.5 Å². The number of hydrogen-bond donors (Lipinski definition) is 2. The number of piperidine rings is 1. The Balaban J connectivity index is 1.61. The number of ether oxygens (including phenoxy) is 1. The van der Waals surface area contributed by atoms with Gasteiger partial charge >= 0.3 is 6.09 Å².